The zero-order valence-electron chi connectivity index (χ0n) is 15.8. The second-order valence-corrected chi connectivity index (χ2v) is 7.20. The van der Waals surface area contributed by atoms with Crippen molar-refractivity contribution in [1.29, 1.82) is 5.41 Å². The lowest BCUT2D eigenvalue weighted by Crippen LogP contribution is -2.09. The Morgan fingerprint density at radius 2 is 1.48 bits per heavy atom. The summed E-state index contributed by atoms with van der Waals surface area (Å²) < 4.78 is 0. The molecule has 0 amide bonds. The third-order valence-electron chi connectivity index (χ3n) is 5.41. The number of hydrogen-bond donors (Lipinski definition) is 1. The predicted molar refractivity (Wildman–Crippen MR) is 115 cm³/mol. The Morgan fingerprint density at radius 3 is 2.26 bits per heavy atom. The Bertz CT molecular complexity index is 982. The van der Waals surface area contributed by atoms with Gasteiger partial charge in [-0.3, -0.25) is 0 Å². The molecule has 0 bridgehead atoms. The quantitative estimate of drug-likeness (QED) is 0.466. The Kier molecular flexibility index (Phi) is 5.02. The molecule has 1 atom stereocenters. The maximum atomic E-state index is 8.67. The van der Waals surface area contributed by atoms with Gasteiger partial charge in [-0.2, -0.15) is 0 Å². The van der Waals surface area contributed by atoms with Gasteiger partial charge in [0.25, 0.3) is 0 Å². The van der Waals surface area contributed by atoms with Crippen molar-refractivity contribution in [3.63, 3.8) is 0 Å². The van der Waals surface area contributed by atoms with Gasteiger partial charge in [0, 0.05) is 11.6 Å². The van der Waals surface area contributed by atoms with Gasteiger partial charge < -0.3 is 5.41 Å². The van der Waals surface area contributed by atoms with Crippen molar-refractivity contribution in [2.75, 3.05) is 0 Å². The Labute approximate surface area is 161 Å². The van der Waals surface area contributed by atoms with E-state index in [2.05, 4.69) is 91.9 Å². The van der Waals surface area contributed by atoms with E-state index in [-0.39, 0.29) is 5.92 Å². The van der Waals surface area contributed by atoms with Crippen LogP contribution < -0.4 is 0 Å². The predicted octanol–water partition coefficient (Wildman–Crippen LogP) is 6.93. The van der Waals surface area contributed by atoms with Gasteiger partial charge >= 0.3 is 0 Å². The molecule has 4 rings (SSSR count). The second kappa shape index (κ2) is 7.75. The van der Waals surface area contributed by atoms with Crippen molar-refractivity contribution < 1.29 is 0 Å². The van der Waals surface area contributed by atoms with Crippen LogP contribution in [0, 0.1) is 5.41 Å². The second-order valence-electron chi connectivity index (χ2n) is 7.20. The van der Waals surface area contributed by atoms with Gasteiger partial charge in [0.05, 0.1) is 0 Å². The van der Waals surface area contributed by atoms with Crippen LogP contribution in [0.15, 0.2) is 78.9 Å². The molecule has 1 aliphatic carbocycles. The van der Waals surface area contributed by atoms with E-state index >= 15 is 0 Å². The molecule has 1 aliphatic rings. The van der Waals surface area contributed by atoms with Crippen LogP contribution in [-0.4, -0.2) is 5.71 Å². The van der Waals surface area contributed by atoms with E-state index in [1.54, 1.807) is 0 Å². The van der Waals surface area contributed by atoms with Crippen LogP contribution in [0.2, 0.25) is 0 Å². The molecule has 1 nitrogen and oxygen atoms in total. The highest BCUT2D eigenvalue weighted by molar-refractivity contribution is 6.02. The lowest BCUT2D eigenvalue weighted by molar-refractivity contribution is 0.832. The number of hydrogen-bond acceptors (Lipinski definition) is 1. The van der Waals surface area contributed by atoms with Crippen molar-refractivity contribution in [2.24, 2.45) is 0 Å². The SMILES string of the molecule is CCCCC(=N)c1ccccc1C1C(c2ccccc2)=Cc2ccccc21. The van der Waals surface area contributed by atoms with Crippen LogP contribution >= 0.6 is 0 Å². The molecule has 1 unspecified atom stereocenters. The highest BCUT2D eigenvalue weighted by Gasteiger charge is 2.29. The molecular weight excluding hydrogens is 326 g/mol. The molecule has 0 fully saturated rings. The van der Waals surface area contributed by atoms with Gasteiger partial charge in [0.2, 0.25) is 0 Å². The average Bonchev–Trinajstić information content (AvgIpc) is 3.12. The van der Waals surface area contributed by atoms with Crippen LogP contribution in [0.1, 0.15) is 59.9 Å². The largest absolute Gasteiger partial charge is 0.305 e. The fourth-order valence-electron chi connectivity index (χ4n) is 4.05. The summed E-state index contributed by atoms with van der Waals surface area (Å²) in [5, 5.41) is 8.67. The monoisotopic (exact) mass is 351 g/mol. The summed E-state index contributed by atoms with van der Waals surface area (Å²) >= 11 is 0. The van der Waals surface area contributed by atoms with Crippen molar-refractivity contribution in [1.82, 2.24) is 0 Å². The first-order chi connectivity index (χ1) is 13.3. The number of benzene rings is 3. The molecule has 27 heavy (non-hydrogen) atoms. The van der Waals surface area contributed by atoms with Gasteiger partial charge in [-0.25, -0.2) is 0 Å². The van der Waals surface area contributed by atoms with Gasteiger partial charge in [0.15, 0.2) is 0 Å². The van der Waals surface area contributed by atoms with E-state index in [1.807, 2.05) is 0 Å². The smallest absolute Gasteiger partial charge is 0.0389 e. The number of rotatable bonds is 6. The summed E-state index contributed by atoms with van der Waals surface area (Å²) in [6, 6.07) is 27.8. The standard InChI is InChI=1S/C26H25N/c1-2-3-17-25(27)22-15-9-10-16-23(22)26-21-14-8-7-13-20(21)18-24(26)19-11-5-4-6-12-19/h4-16,18,26-27H,2-3,17H2,1H3. The molecule has 3 aromatic carbocycles. The van der Waals surface area contributed by atoms with Crippen molar-refractivity contribution >= 4 is 17.4 Å². The van der Waals surface area contributed by atoms with E-state index in [4.69, 9.17) is 5.41 Å². The first-order valence-electron chi connectivity index (χ1n) is 9.82. The van der Waals surface area contributed by atoms with Crippen LogP contribution in [0.25, 0.3) is 11.6 Å². The van der Waals surface area contributed by atoms with E-state index in [9.17, 15) is 0 Å². The number of nitrogens with one attached hydrogen (secondary N) is 1. The lowest BCUT2D eigenvalue weighted by atomic mass is 9.81. The van der Waals surface area contributed by atoms with Gasteiger partial charge in [0.1, 0.15) is 0 Å². The fraction of sp³-hybridized carbons (Fsp3) is 0.192. The van der Waals surface area contributed by atoms with Crippen molar-refractivity contribution in [3.05, 3.63) is 107 Å². The fourth-order valence-corrected chi connectivity index (χ4v) is 4.05. The maximum Gasteiger partial charge on any atom is 0.0389 e. The minimum absolute atomic E-state index is 0.182. The molecule has 0 aliphatic heterocycles. The lowest BCUT2D eigenvalue weighted by Gasteiger charge is -2.21. The Hall–Kier alpha value is -2.93. The molecule has 1 N–H and O–H groups in total. The normalized spacial score (nSPS) is 15.3. The third-order valence-corrected chi connectivity index (χ3v) is 5.41. The molecule has 0 radical (unpaired) electrons. The third kappa shape index (κ3) is 3.38. The number of unbranched alkanes of at least 4 members (excludes halogenated alkanes) is 1. The maximum absolute atomic E-state index is 8.67. The topological polar surface area (TPSA) is 23.9 Å². The molecule has 0 saturated carbocycles. The van der Waals surface area contributed by atoms with Crippen LogP contribution in [0.5, 0.6) is 0 Å². The van der Waals surface area contributed by atoms with Crippen molar-refractivity contribution in [2.45, 2.75) is 32.1 Å². The molecule has 0 heterocycles. The summed E-state index contributed by atoms with van der Waals surface area (Å²) in [6.45, 7) is 2.18. The zero-order chi connectivity index (χ0) is 18.6. The summed E-state index contributed by atoms with van der Waals surface area (Å²) in [4.78, 5) is 0. The van der Waals surface area contributed by atoms with Gasteiger partial charge in [-0.1, -0.05) is 92.2 Å². The Balaban J connectivity index is 1.84. The van der Waals surface area contributed by atoms with Gasteiger partial charge in [-0.15, -0.1) is 0 Å². The average molecular weight is 351 g/mol. The molecule has 1 heteroatoms. The molecule has 3 aromatic rings. The summed E-state index contributed by atoms with van der Waals surface area (Å²) in [6.07, 6.45) is 5.34. The number of allylic oxidation sites excluding steroid dienone is 1. The minimum Gasteiger partial charge on any atom is -0.305 e. The van der Waals surface area contributed by atoms with Crippen LogP contribution in [0.3, 0.4) is 0 Å². The van der Waals surface area contributed by atoms with Gasteiger partial charge in [-0.05, 0) is 52.3 Å². The molecule has 0 aromatic heterocycles. The minimum atomic E-state index is 0.182. The molecule has 134 valence electrons. The summed E-state index contributed by atoms with van der Waals surface area (Å²) in [5.41, 5.74) is 8.31. The van der Waals surface area contributed by atoms with E-state index in [0.29, 0.717) is 0 Å². The molecule has 0 saturated heterocycles. The zero-order valence-corrected chi connectivity index (χ0v) is 15.8. The van der Waals surface area contributed by atoms with E-state index in [1.165, 1.54) is 27.8 Å². The first-order valence-corrected chi connectivity index (χ1v) is 9.82. The summed E-state index contributed by atoms with van der Waals surface area (Å²) in [7, 11) is 0. The highest BCUT2D eigenvalue weighted by Crippen LogP contribution is 2.46. The molecule has 0 spiro atoms. The first kappa shape index (κ1) is 17.5. The summed E-state index contributed by atoms with van der Waals surface area (Å²) in [5.74, 6) is 0.182. The van der Waals surface area contributed by atoms with Crippen molar-refractivity contribution in [3.8, 4) is 0 Å². The molecular formula is C26H25N. The van der Waals surface area contributed by atoms with E-state index < -0.39 is 0 Å². The van der Waals surface area contributed by atoms with Crippen LogP contribution in [0.4, 0.5) is 0 Å². The van der Waals surface area contributed by atoms with E-state index in [0.717, 1.165) is 30.5 Å². The van der Waals surface area contributed by atoms with Crippen LogP contribution in [-0.2, 0) is 0 Å². The Morgan fingerprint density at radius 1 is 0.815 bits per heavy atom. The number of fused-ring (bicyclic) bond motifs is 1. The highest BCUT2D eigenvalue weighted by atomic mass is 14.4.